The minimum absolute atomic E-state index is 0. The van der Waals surface area contributed by atoms with E-state index in [0.717, 1.165) is 55.2 Å². The molecular formula is C34H25BrN2O2. The highest BCUT2D eigenvalue weighted by Crippen LogP contribution is 2.33. The summed E-state index contributed by atoms with van der Waals surface area (Å²) in [5, 5.41) is 3.31. The fourth-order valence-corrected chi connectivity index (χ4v) is 5.35. The minimum atomic E-state index is 0. The maximum Gasteiger partial charge on any atom is 0.245 e. The Morgan fingerprint density at radius 3 is 2.33 bits per heavy atom. The van der Waals surface area contributed by atoms with Gasteiger partial charge in [-0.1, -0.05) is 97.1 Å². The van der Waals surface area contributed by atoms with E-state index < -0.39 is 0 Å². The van der Waals surface area contributed by atoms with Gasteiger partial charge in [0.1, 0.15) is 17.9 Å². The summed E-state index contributed by atoms with van der Waals surface area (Å²) in [6, 6.07) is 40.7. The van der Waals surface area contributed by atoms with Crippen LogP contribution in [0.5, 0.6) is 0 Å². The molecule has 0 aliphatic rings. The van der Waals surface area contributed by atoms with Gasteiger partial charge in [-0.25, -0.2) is 9.13 Å². The Kier molecular flexibility index (Phi) is 6.59. The number of fused-ring (bicyclic) bond motifs is 3. The van der Waals surface area contributed by atoms with Crippen molar-refractivity contribution in [3.05, 3.63) is 139 Å². The quantitative estimate of drug-likeness (QED) is 0.218. The fraction of sp³-hybridized carbons (Fsp3) is 0.0588. The molecule has 0 aliphatic heterocycles. The monoisotopic (exact) mass is 572 g/mol. The summed E-state index contributed by atoms with van der Waals surface area (Å²) >= 11 is 0. The molecule has 0 spiro atoms. The number of Topliss-reactive ketones (excluding diaryl/α,β-unsaturated/α-hetero) is 1. The number of halogens is 1. The molecule has 5 heteroatoms. The second-order valence-electron chi connectivity index (χ2n) is 9.62. The molecule has 0 aliphatic carbocycles. The normalized spacial score (nSPS) is 11.2. The van der Waals surface area contributed by atoms with Gasteiger partial charge in [-0.3, -0.25) is 4.79 Å². The van der Waals surface area contributed by atoms with Crippen LogP contribution in [0.3, 0.4) is 0 Å². The molecule has 7 rings (SSSR count). The molecule has 0 bridgehead atoms. The lowest BCUT2D eigenvalue weighted by molar-refractivity contribution is -0.662. The van der Waals surface area contributed by atoms with Gasteiger partial charge < -0.3 is 21.4 Å². The van der Waals surface area contributed by atoms with Crippen LogP contribution in [0, 0.1) is 0 Å². The number of para-hydroxylation sites is 3. The van der Waals surface area contributed by atoms with Gasteiger partial charge in [0.25, 0.3) is 0 Å². The van der Waals surface area contributed by atoms with Gasteiger partial charge in [-0.2, -0.15) is 0 Å². The standard InChI is InChI=1S/C34H25N2O2.BrH/c37-32(27-19-18-24-10-4-5-13-26(24)20-27)22-36-23-35(30-15-7-8-16-31(30)36)21-29-28-14-6-9-17-33(28)38-34(29)25-11-2-1-3-12-25;/h1-20,23H,21-22H2;1H/q+1;/p-1. The third-order valence-electron chi connectivity index (χ3n) is 7.23. The molecule has 2 aromatic heterocycles. The number of carbonyl (C=O) groups excluding carboxylic acids is 1. The molecule has 0 amide bonds. The summed E-state index contributed by atoms with van der Waals surface area (Å²) in [7, 11) is 0. The number of rotatable bonds is 6. The molecule has 0 saturated heterocycles. The third kappa shape index (κ3) is 4.55. The second kappa shape index (κ2) is 10.4. The van der Waals surface area contributed by atoms with Crippen molar-refractivity contribution in [2.45, 2.75) is 13.1 Å². The average molecular weight is 573 g/mol. The molecule has 0 radical (unpaired) electrons. The van der Waals surface area contributed by atoms with Crippen LogP contribution in [0.1, 0.15) is 15.9 Å². The Bertz CT molecular complexity index is 1950. The number of ketones is 1. The Hall–Kier alpha value is -4.48. The van der Waals surface area contributed by atoms with Gasteiger partial charge in [-0.15, -0.1) is 0 Å². The SMILES string of the molecule is O=C(Cn1c[n+](Cc2c(-c3ccccc3)oc3ccccc23)c2ccccc21)c1ccc2ccccc2c1.[Br-]. The molecule has 2 heterocycles. The highest BCUT2D eigenvalue weighted by molar-refractivity contribution is 6.00. The van der Waals surface area contributed by atoms with E-state index >= 15 is 0 Å². The van der Waals surface area contributed by atoms with Gasteiger partial charge in [0.05, 0.1) is 0 Å². The zero-order valence-corrected chi connectivity index (χ0v) is 22.7. The van der Waals surface area contributed by atoms with Gasteiger partial charge in [0.2, 0.25) is 12.1 Å². The molecule has 4 nitrogen and oxygen atoms in total. The van der Waals surface area contributed by atoms with Gasteiger partial charge >= 0.3 is 0 Å². The first-order chi connectivity index (χ1) is 18.7. The Balaban J connectivity index is 0.00000277. The molecule has 5 aromatic carbocycles. The Morgan fingerprint density at radius 1 is 0.744 bits per heavy atom. The minimum Gasteiger partial charge on any atom is -1.00 e. The summed E-state index contributed by atoms with van der Waals surface area (Å²) in [5.74, 6) is 0.964. The maximum atomic E-state index is 13.4. The topological polar surface area (TPSA) is 39.0 Å². The molecule has 0 unspecified atom stereocenters. The lowest BCUT2D eigenvalue weighted by Crippen LogP contribution is -3.00. The fourth-order valence-electron chi connectivity index (χ4n) is 5.35. The third-order valence-corrected chi connectivity index (χ3v) is 7.23. The molecule has 7 aromatic rings. The maximum absolute atomic E-state index is 13.4. The molecule has 0 saturated carbocycles. The number of furan rings is 1. The summed E-state index contributed by atoms with van der Waals surface area (Å²) in [6.45, 7) is 0.891. The number of nitrogens with zero attached hydrogens (tertiary/aromatic N) is 2. The first-order valence-electron chi connectivity index (χ1n) is 12.8. The number of imidazole rings is 1. The number of hydrogen-bond donors (Lipinski definition) is 0. The van der Waals surface area contributed by atoms with E-state index in [-0.39, 0.29) is 29.3 Å². The zero-order valence-electron chi connectivity index (χ0n) is 21.1. The predicted molar refractivity (Wildman–Crippen MR) is 151 cm³/mol. The number of carbonyl (C=O) groups is 1. The van der Waals surface area contributed by atoms with Crippen molar-refractivity contribution in [1.82, 2.24) is 4.57 Å². The first kappa shape index (κ1) is 24.8. The lowest BCUT2D eigenvalue weighted by Gasteiger charge is -2.03. The van der Waals surface area contributed by atoms with Crippen LogP contribution < -0.4 is 21.5 Å². The van der Waals surface area contributed by atoms with Crippen molar-refractivity contribution >= 4 is 38.6 Å². The summed E-state index contributed by atoms with van der Waals surface area (Å²) in [6.07, 6.45) is 2.06. The van der Waals surface area contributed by atoms with Crippen molar-refractivity contribution in [3.8, 4) is 11.3 Å². The predicted octanol–water partition coefficient (Wildman–Crippen LogP) is 4.43. The molecule has 0 fully saturated rings. The molecule has 0 N–H and O–H groups in total. The van der Waals surface area contributed by atoms with Crippen molar-refractivity contribution < 1.29 is 30.8 Å². The Morgan fingerprint density at radius 2 is 1.46 bits per heavy atom. The van der Waals surface area contributed by atoms with Crippen molar-refractivity contribution in [2.75, 3.05) is 0 Å². The van der Waals surface area contributed by atoms with Crippen LogP contribution in [-0.2, 0) is 13.1 Å². The van der Waals surface area contributed by atoms with E-state index in [2.05, 4.69) is 51.9 Å². The summed E-state index contributed by atoms with van der Waals surface area (Å²) < 4.78 is 10.6. The van der Waals surface area contributed by atoms with Crippen LogP contribution in [0.25, 0.3) is 44.1 Å². The van der Waals surface area contributed by atoms with E-state index in [9.17, 15) is 4.79 Å². The zero-order chi connectivity index (χ0) is 25.5. The number of benzene rings is 5. The summed E-state index contributed by atoms with van der Waals surface area (Å²) in [5.41, 5.74) is 5.87. The highest BCUT2D eigenvalue weighted by atomic mass is 79.9. The van der Waals surface area contributed by atoms with E-state index in [4.69, 9.17) is 4.42 Å². The number of hydrogen-bond acceptors (Lipinski definition) is 2. The van der Waals surface area contributed by atoms with E-state index in [0.29, 0.717) is 6.54 Å². The Labute approximate surface area is 236 Å². The van der Waals surface area contributed by atoms with Crippen molar-refractivity contribution in [1.29, 1.82) is 0 Å². The molecular weight excluding hydrogens is 548 g/mol. The highest BCUT2D eigenvalue weighted by Gasteiger charge is 2.23. The second-order valence-corrected chi connectivity index (χ2v) is 9.62. The van der Waals surface area contributed by atoms with E-state index in [1.54, 1.807) is 0 Å². The van der Waals surface area contributed by atoms with E-state index in [1.165, 1.54) is 0 Å². The van der Waals surface area contributed by atoms with Gasteiger partial charge in [-0.05, 0) is 35.0 Å². The van der Waals surface area contributed by atoms with Gasteiger partial charge in [0, 0.05) is 22.1 Å². The van der Waals surface area contributed by atoms with Crippen LogP contribution >= 0.6 is 0 Å². The summed E-state index contributed by atoms with van der Waals surface area (Å²) in [4.78, 5) is 13.4. The van der Waals surface area contributed by atoms with Crippen LogP contribution in [0.4, 0.5) is 0 Å². The number of aromatic nitrogens is 2. The average Bonchev–Trinajstić information content (AvgIpc) is 3.52. The smallest absolute Gasteiger partial charge is 0.245 e. The van der Waals surface area contributed by atoms with Crippen LogP contribution in [0.2, 0.25) is 0 Å². The molecule has 0 atom stereocenters. The van der Waals surface area contributed by atoms with Gasteiger partial charge in [0.15, 0.2) is 17.6 Å². The van der Waals surface area contributed by atoms with E-state index in [1.807, 2.05) is 84.9 Å². The van der Waals surface area contributed by atoms with Crippen molar-refractivity contribution in [2.24, 2.45) is 0 Å². The molecule has 190 valence electrons. The largest absolute Gasteiger partial charge is 1.00 e. The van der Waals surface area contributed by atoms with Crippen LogP contribution in [0.15, 0.2) is 132 Å². The van der Waals surface area contributed by atoms with Crippen LogP contribution in [-0.4, -0.2) is 10.4 Å². The lowest BCUT2D eigenvalue weighted by atomic mass is 10.0. The first-order valence-corrected chi connectivity index (χ1v) is 12.8. The molecule has 39 heavy (non-hydrogen) atoms. The van der Waals surface area contributed by atoms with Crippen molar-refractivity contribution in [3.63, 3.8) is 0 Å².